The van der Waals surface area contributed by atoms with Crippen molar-refractivity contribution >= 4 is 5.91 Å². The topological polar surface area (TPSA) is 86.0 Å². The van der Waals surface area contributed by atoms with Crippen molar-refractivity contribution in [2.24, 2.45) is 5.92 Å². The molecule has 1 saturated carbocycles. The first kappa shape index (κ1) is 17.0. The lowest BCUT2D eigenvalue weighted by Gasteiger charge is -2.37. The van der Waals surface area contributed by atoms with Gasteiger partial charge >= 0.3 is 6.18 Å². The van der Waals surface area contributed by atoms with E-state index in [4.69, 9.17) is 10.2 Å². The van der Waals surface area contributed by atoms with Crippen LogP contribution in [0.3, 0.4) is 0 Å². The molecule has 4 atom stereocenters. The quantitative estimate of drug-likeness (QED) is 0.590. The zero-order valence-electron chi connectivity index (χ0n) is 21.3. The zero-order chi connectivity index (χ0) is 26.8. The molecule has 0 spiro atoms. The van der Waals surface area contributed by atoms with E-state index in [0.29, 0.717) is 11.9 Å². The van der Waals surface area contributed by atoms with Crippen LogP contribution in [0, 0.1) is 12.8 Å². The van der Waals surface area contributed by atoms with Crippen molar-refractivity contribution in [1.29, 1.82) is 0 Å². The number of fused-ring (bicyclic) bond motifs is 2. The lowest BCUT2D eigenvalue weighted by atomic mass is 9.98. The summed E-state index contributed by atoms with van der Waals surface area (Å²) in [5.41, 5.74) is -0.383. The number of pyridine rings is 2. The molecule has 2 bridgehead atoms. The molecule has 0 N–H and O–H groups in total. The fourth-order valence-corrected chi connectivity index (χ4v) is 4.33. The highest BCUT2D eigenvalue weighted by molar-refractivity contribution is 5.96. The molecule has 3 aromatic heterocycles. The smallest absolute Gasteiger partial charge is 0.417 e. The highest BCUT2D eigenvalue weighted by Gasteiger charge is 2.53. The molecule has 11 heteroatoms. The average molecular weight is 462 g/mol. The Bertz CT molecular complexity index is 1320. The summed E-state index contributed by atoms with van der Waals surface area (Å²) in [6.07, 6.45) is -1.60. The van der Waals surface area contributed by atoms with Gasteiger partial charge in [-0.25, -0.2) is 9.97 Å². The van der Waals surface area contributed by atoms with Gasteiger partial charge in [0.15, 0.2) is 5.69 Å². The van der Waals surface area contributed by atoms with Crippen LogP contribution in [0.1, 0.15) is 46.9 Å². The van der Waals surface area contributed by atoms with Crippen LogP contribution in [0.5, 0.6) is 5.88 Å². The molecule has 1 aliphatic carbocycles. The Kier molecular flexibility index (Phi) is 4.04. The molecule has 4 heterocycles. The van der Waals surface area contributed by atoms with Gasteiger partial charge in [-0.05, 0) is 50.7 Å². The van der Waals surface area contributed by atoms with Crippen LogP contribution >= 0.6 is 0 Å². The van der Waals surface area contributed by atoms with Gasteiger partial charge in [0, 0.05) is 28.1 Å². The summed E-state index contributed by atoms with van der Waals surface area (Å²) in [5, 5.41) is 8.08. The van der Waals surface area contributed by atoms with Gasteiger partial charge in [0.25, 0.3) is 5.91 Å². The molecule has 5 rings (SSSR count). The maximum Gasteiger partial charge on any atom is 0.417 e. The standard InChI is InChI=1S/C22H21F3N6O2/c1-12-3-5-16(31-27-7-8-28-31)20(29-12)21(32)30-13(2)14-9-17(30)18(10-14)33-19-6-4-15(11-26-19)22(23,24)25/h3-8,11,13-14,17-18H,9-10H2,1-2H3/t13-,14-,17+,18-/m1/s1/i2D3,13D. The SMILES string of the molecule is [2H]C([2H])([2H])[C@]1([2H])[C@H]2C[C@@H](Oc3ccc(C(F)(F)F)cn3)[C@H](C2)N1C(=O)c1nc(C)ccc1-n1nccn1. The number of likely N-dealkylation sites (tertiary alicyclic amines) is 1. The van der Waals surface area contributed by atoms with Gasteiger partial charge in [0.2, 0.25) is 5.88 Å². The Labute approximate surface area is 193 Å². The van der Waals surface area contributed by atoms with Gasteiger partial charge in [-0.15, -0.1) is 4.80 Å². The van der Waals surface area contributed by atoms with Crippen molar-refractivity contribution in [2.45, 2.75) is 51.0 Å². The van der Waals surface area contributed by atoms with Gasteiger partial charge in [-0.2, -0.15) is 23.4 Å². The van der Waals surface area contributed by atoms with Crippen LogP contribution in [0.2, 0.25) is 0 Å². The van der Waals surface area contributed by atoms with E-state index >= 15 is 0 Å². The molecule has 1 aliphatic heterocycles. The minimum absolute atomic E-state index is 0.0995. The fourth-order valence-electron chi connectivity index (χ4n) is 4.33. The van der Waals surface area contributed by atoms with Crippen molar-refractivity contribution in [1.82, 2.24) is 29.9 Å². The van der Waals surface area contributed by atoms with Gasteiger partial charge < -0.3 is 9.64 Å². The molecule has 8 nitrogen and oxygen atoms in total. The van der Waals surface area contributed by atoms with E-state index in [1.807, 2.05) is 0 Å². The largest absolute Gasteiger partial charge is 0.472 e. The molecular formula is C22H21F3N6O2. The van der Waals surface area contributed by atoms with Crippen molar-refractivity contribution < 1.29 is 28.2 Å². The second kappa shape index (κ2) is 7.82. The van der Waals surface area contributed by atoms with Crippen molar-refractivity contribution in [2.75, 3.05) is 0 Å². The maximum absolute atomic E-state index is 13.9. The molecule has 33 heavy (non-hydrogen) atoms. The van der Waals surface area contributed by atoms with Crippen LogP contribution < -0.4 is 4.74 Å². The Morgan fingerprint density at radius 1 is 1.21 bits per heavy atom. The van der Waals surface area contributed by atoms with E-state index in [2.05, 4.69) is 20.2 Å². The predicted molar refractivity (Wildman–Crippen MR) is 110 cm³/mol. The van der Waals surface area contributed by atoms with Crippen molar-refractivity contribution in [3.05, 3.63) is 59.8 Å². The maximum atomic E-state index is 13.9. The molecule has 0 unspecified atom stereocenters. The van der Waals surface area contributed by atoms with Crippen LogP contribution in [0.25, 0.3) is 5.69 Å². The van der Waals surface area contributed by atoms with Gasteiger partial charge in [-0.3, -0.25) is 4.79 Å². The second-order valence-electron chi connectivity index (χ2n) is 7.97. The Morgan fingerprint density at radius 2 is 2.00 bits per heavy atom. The van der Waals surface area contributed by atoms with E-state index < -0.39 is 48.6 Å². The number of ether oxygens (including phenoxy) is 1. The first-order chi connectivity index (χ1) is 17.3. The number of piperidine rings is 1. The number of carbonyl (C=O) groups excluding carboxylic acids is 1. The van der Waals surface area contributed by atoms with Crippen LogP contribution in [0.4, 0.5) is 13.2 Å². The summed E-state index contributed by atoms with van der Waals surface area (Å²) in [4.78, 5) is 24.2. The number of aryl methyl sites for hydroxylation is 1. The lowest BCUT2D eigenvalue weighted by Crippen LogP contribution is -2.51. The Hall–Kier alpha value is -3.50. The van der Waals surface area contributed by atoms with Crippen molar-refractivity contribution in [3.63, 3.8) is 0 Å². The lowest BCUT2D eigenvalue weighted by molar-refractivity contribution is -0.137. The third-order valence-corrected chi connectivity index (χ3v) is 5.85. The van der Waals surface area contributed by atoms with E-state index in [0.717, 1.165) is 17.0 Å². The van der Waals surface area contributed by atoms with E-state index in [9.17, 15) is 18.0 Å². The highest BCUT2D eigenvalue weighted by atomic mass is 19.4. The van der Waals surface area contributed by atoms with Crippen LogP contribution in [0.15, 0.2) is 42.9 Å². The average Bonchev–Trinajstić information content (AvgIpc) is 3.54. The summed E-state index contributed by atoms with van der Waals surface area (Å²) >= 11 is 0. The molecule has 1 amide bonds. The fraction of sp³-hybridized carbons (Fsp3) is 0.409. The minimum atomic E-state index is -4.56. The number of hydrogen-bond donors (Lipinski definition) is 0. The summed E-state index contributed by atoms with van der Waals surface area (Å²) < 4.78 is 77.9. The van der Waals surface area contributed by atoms with Crippen molar-refractivity contribution in [3.8, 4) is 11.6 Å². The van der Waals surface area contributed by atoms with E-state index in [1.165, 1.54) is 17.2 Å². The number of alkyl halides is 3. The van der Waals surface area contributed by atoms with Gasteiger partial charge in [-0.1, -0.05) is 0 Å². The van der Waals surface area contributed by atoms with Crippen LogP contribution in [-0.4, -0.2) is 53.9 Å². The number of carbonyl (C=O) groups is 1. The Morgan fingerprint density at radius 3 is 2.67 bits per heavy atom. The molecule has 2 aliphatic rings. The molecule has 172 valence electrons. The number of nitrogens with zero attached hydrogens (tertiary/aromatic N) is 6. The van der Waals surface area contributed by atoms with Gasteiger partial charge in [0.1, 0.15) is 11.8 Å². The third kappa shape index (κ3) is 3.81. The zero-order valence-corrected chi connectivity index (χ0v) is 17.3. The molecule has 0 aromatic carbocycles. The van der Waals surface area contributed by atoms with E-state index in [1.54, 1.807) is 19.1 Å². The predicted octanol–water partition coefficient (Wildman–Crippen LogP) is 3.46. The Balaban J connectivity index is 1.51. The molecule has 1 saturated heterocycles. The molecular weight excluding hydrogens is 437 g/mol. The summed E-state index contributed by atoms with van der Waals surface area (Å²) in [6.45, 7) is -1.19. The number of aromatic nitrogens is 5. The van der Waals surface area contributed by atoms with Gasteiger partial charge in [0.05, 0.1) is 25.4 Å². The summed E-state index contributed by atoms with van der Waals surface area (Å²) in [7, 11) is 0. The molecule has 2 fully saturated rings. The summed E-state index contributed by atoms with van der Waals surface area (Å²) in [6, 6.07) is 2.01. The second-order valence-corrected chi connectivity index (χ2v) is 7.97. The molecule has 0 radical (unpaired) electrons. The number of halogens is 3. The monoisotopic (exact) mass is 462 g/mol. The first-order valence-electron chi connectivity index (χ1n) is 12.2. The first-order valence-corrected chi connectivity index (χ1v) is 10.2. The third-order valence-electron chi connectivity index (χ3n) is 5.85. The molecule has 3 aromatic rings. The highest BCUT2D eigenvalue weighted by Crippen LogP contribution is 2.44. The number of amides is 1. The minimum Gasteiger partial charge on any atom is -0.472 e. The van der Waals surface area contributed by atoms with Crippen LogP contribution in [-0.2, 0) is 6.18 Å². The normalized spacial score (nSPS) is 28.7. The number of rotatable bonds is 4. The van der Waals surface area contributed by atoms with E-state index in [-0.39, 0.29) is 30.1 Å². The summed E-state index contributed by atoms with van der Waals surface area (Å²) in [5.74, 6) is -1.68. The number of hydrogen-bond acceptors (Lipinski definition) is 6.